The molecule has 0 saturated carbocycles. The molecule has 1 N–H and O–H groups in total. The van der Waals surface area contributed by atoms with Crippen molar-refractivity contribution in [3.8, 4) is 0 Å². The summed E-state index contributed by atoms with van der Waals surface area (Å²) in [6.45, 7) is 4.13. The predicted molar refractivity (Wildman–Crippen MR) is 98.1 cm³/mol. The second kappa shape index (κ2) is 8.47. The molecule has 2 rings (SSSR count). The Morgan fingerprint density at radius 3 is 2.31 bits per heavy atom. The average molecular weight is 404 g/mol. The molecule has 10 heteroatoms. The Bertz CT molecular complexity index is 852. The third-order valence-electron chi connectivity index (χ3n) is 4.16. The average Bonchev–Trinajstić information content (AvgIpc) is 2.80. The van der Waals surface area contributed by atoms with Gasteiger partial charge in [-0.05, 0) is 32.0 Å². The van der Waals surface area contributed by atoms with Crippen LogP contribution in [0.4, 0.5) is 0 Å². The van der Waals surface area contributed by atoms with Gasteiger partial charge in [0.2, 0.25) is 15.9 Å². The van der Waals surface area contributed by atoms with Crippen LogP contribution in [0.3, 0.4) is 0 Å². The summed E-state index contributed by atoms with van der Waals surface area (Å²) in [4.78, 5) is 13.2. The largest absolute Gasteiger partial charge is 0.355 e. The van der Waals surface area contributed by atoms with E-state index in [2.05, 4.69) is 5.32 Å². The molecule has 0 spiro atoms. The Labute approximate surface area is 155 Å². The number of rotatable bonds is 6. The molecule has 0 radical (unpaired) electrons. The van der Waals surface area contributed by atoms with Crippen LogP contribution in [0.2, 0.25) is 0 Å². The zero-order valence-corrected chi connectivity index (χ0v) is 16.6. The quantitative estimate of drug-likeness (QED) is 0.713. The summed E-state index contributed by atoms with van der Waals surface area (Å²) in [7, 11) is -7.60. The highest BCUT2D eigenvalue weighted by atomic mass is 32.2. The molecule has 1 fully saturated rings. The molecule has 1 aliphatic rings. The number of hydrogen-bond acceptors (Lipinski definition) is 6. The van der Waals surface area contributed by atoms with Gasteiger partial charge in [0.05, 0.1) is 11.4 Å². The lowest BCUT2D eigenvalue weighted by atomic mass is 10.4. The van der Waals surface area contributed by atoms with Crippen LogP contribution in [0.1, 0.15) is 13.3 Å². The number of sulfonamides is 1. The molecule has 0 unspecified atom stereocenters. The number of likely N-dealkylation sites (N-methyl/N-ethyl adjacent to an activating group) is 1. The third-order valence-corrected chi connectivity index (χ3v) is 7.40. The van der Waals surface area contributed by atoms with E-state index in [-0.39, 0.29) is 35.3 Å². The molecular weight excluding hydrogens is 378 g/mol. The van der Waals surface area contributed by atoms with E-state index < -0.39 is 19.9 Å². The summed E-state index contributed by atoms with van der Waals surface area (Å²) in [6.07, 6.45) is 1.57. The fourth-order valence-corrected chi connectivity index (χ4v) is 5.98. The predicted octanol–water partition coefficient (Wildman–Crippen LogP) is -0.0774. The molecule has 1 aromatic carbocycles. The van der Waals surface area contributed by atoms with E-state index in [0.29, 0.717) is 26.1 Å². The molecule has 1 saturated heterocycles. The minimum absolute atomic E-state index is 0.0915. The number of hydrogen-bond donors (Lipinski definition) is 1. The highest BCUT2D eigenvalue weighted by Crippen LogP contribution is 2.25. The summed E-state index contributed by atoms with van der Waals surface area (Å²) in [6, 6.07) is 5.65. The van der Waals surface area contributed by atoms with Gasteiger partial charge in [-0.15, -0.1) is 0 Å². The van der Waals surface area contributed by atoms with Gasteiger partial charge in [0, 0.05) is 32.4 Å². The third kappa shape index (κ3) is 5.03. The van der Waals surface area contributed by atoms with Gasteiger partial charge in [-0.1, -0.05) is 12.1 Å². The Morgan fingerprint density at radius 2 is 1.69 bits per heavy atom. The molecule has 0 bridgehead atoms. The number of benzene rings is 1. The van der Waals surface area contributed by atoms with E-state index in [4.69, 9.17) is 0 Å². The molecule has 26 heavy (non-hydrogen) atoms. The SMILES string of the molecule is CCNC(=O)CN1CCCN(S(=O)(=O)c2ccccc2S(C)(=O)=O)CC1. The van der Waals surface area contributed by atoms with Crippen molar-refractivity contribution in [1.29, 1.82) is 0 Å². The molecule has 0 aromatic heterocycles. The topological polar surface area (TPSA) is 104 Å². The highest BCUT2D eigenvalue weighted by Gasteiger charge is 2.31. The first-order valence-corrected chi connectivity index (χ1v) is 11.8. The lowest BCUT2D eigenvalue weighted by Gasteiger charge is -2.22. The smallest absolute Gasteiger partial charge is 0.244 e. The van der Waals surface area contributed by atoms with Crippen LogP contribution in [0.5, 0.6) is 0 Å². The number of amides is 1. The van der Waals surface area contributed by atoms with Gasteiger partial charge in [-0.3, -0.25) is 9.69 Å². The fourth-order valence-electron chi connectivity index (χ4n) is 2.91. The number of nitrogens with zero attached hydrogens (tertiary/aromatic N) is 2. The van der Waals surface area contributed by atoms with Gasteiger partial charge in [-0.2, -0.15) is 4.31 Å². The molecule has 0 aliphatic carbocycles. The first-order valence-electron chi connectivity index (χ1n) is 8.44. The zero-order valence-electron chi connectivity index (χ0n) is 15.0. The molecule has 1 aliphatic heterocycles. The Morgan fingerprint density at radius 1 is 1.04 bits per heavy atom. The van der Waals surface area contributed by atoms with Crippen LogP contribution in [0.25, 0.3) is 0 Å². The highest BCUT2D eigenvalue weighted by molar-refractivity contribution is 7.93. The lowest BCUT2D eigenvalue weighted by Crippen LogP contribution is -2.40. The maximum absolute atomic E-state index is 13.0. The molecule has 8 nitrogen and oxygen atoms in total. The second-order valence-electron chi connectivity index (χ2n) is 6.21. The number of sulfone groups is 1. The normalized spacial score (nSPS) is 17.6. The van der Waals surface area contributed by atoms with Crippen molar-refractivity contribution in [1.82, 2.24) is 14.5 Å². The van der Waals surface area contributed by atoms with Crippen LogP contribution in [0, 0.1) is 0 Å². The van der Waals surface area contributed by atoms with Crippen LogP contribution in [-0.4, -0.2) is 77.5 Å². The summed E-state index contributed by atoms with van der Waals surface area (Å²) in [5, 5.41) is 2.73. The van der Waals surface area contributed by atoms with E-state index in [0.717, 1.165) is 6.26 Å². The number of carbonyl (C=O) groups is 1. The van der Waals surface area contributed by atoms with Crippen LogP contribution in [0.15, 0.2) is 34.1 Å². The molecule has 146 valence electrons. The van der Waals surface area contributed by atoms with Gasteiger partial charge in [0.1, 0.15) is 4.90 Å². The maximum Gasteiger partial charge on any atom is 0.244 e. The fraction of sp³-hybridized carbons (Fsp3) is 0.562. The van der Waals surface area contributed by atoms with Crippen LogP contribution < -0.4 is 5.32 Å². The van der Waals surface area contributed by atoms with Crippen molar-refractivity contribution < 1.29 is 21.6 Å². The first kappa shape index (κ1) is 20.8. The van der Waals surface area contributed by atoms with Crippen molar-refractivity contribution in [2.45, 2.75) is 23.1 Å². The minimum Gasteiger partial charge on any atom is -0.355 e. The van der Waals surface area contributed by atoms with Crippen molar-refractivity contribution in [2.24, 2.45) is 0 Å². The monoisotopic (exact) mass is 403 g/mol. The summed E-state index contributed by atoms with van der Waals surface area (Å²) in [5.41, 5.74) is 0. The second-order valence-corrected chi connectivity index (χ2v) is 10.1. The molecule has 1 amide bonds. The maximum atomic E-state index is 13.0. The van der Waals surface area contributed by atoms with Crippen LogP contribution in [-0.2, 0) is 24.7 Å². The Kier molecular flexibility index (Phi) is 6.78. The van der Waals surface area contributed by atoms with E-state index in [1.807, 2.05) is 11.8 Å². The van der Waals surface area contributed by atoms with E-state index in [9.17, 15) is 21.6 Å². The number of nitrogens with one attached hydrogen (secondary N) is 1. The van der Waals surface area contributed by atoms with Crippen molar-refractivity contribution in [3.63, 3.8) is 0 Å². The van der Waals surface area contributed by atoms with Crippen molar-refractivity contribution in [2.75, 3.05) is 45.5 Å². The minimum atomic E-state index is -3.93. The van der Waals surface area contributed by atoms with Crippen molar-refractivity contribution in [3.05, 3.63) is 24.3 Å². The van der Waals surface area contributed by atoms with Gasteiger partial charge in [0.25, 0.3) is 0 Å². The Hall–Kier alpha value is -1.49. The molecule has 1 aromatic rings. The lowest BCUT2D eigenvalue weighted by molar-refractivity contribution is -0.122. The summed E-state index contributed by atoms with van der Waals surface area (Å²) < 4.78 is 51.2. The van der Waals surface area contributed by atoms with Gasteiger partial charge < -0.3 is 5.32 Å². The van der Waals surface area contributed by atoms with Crippen LogP contribution >= 0.6 is 0 Å². The summed E-state index contributed by atoms with van der Waals surface area (Å²) >= 11 is 0. The van der Waals surface area contributed by atoms with Gasteiger partial charge >= 0.3 is 0 Å². The Balaban J connectivity index is 2.20. The molecule has 0 atom stereocenters. The van der Waals surface area contributed by atoms with Gasteiger partial charge in [0.15, 0.2) is 9.84 Å². The van der Waals surface area contributed by atoms with Crippen molar-refractivity contribution >= 4 is 25.8 Å². The van der Waals surface area contributed by atoms with E-state index in [1.165, 1.54) is 28.6 Å². The molecule has 1 heterocycles. The number of carbonyl (C=O) groups excluding carboxylic acids is 1. The zero-order chi connectivity index (χ0) is 19.4. The van der Waals surface area contributed by atoms with E-state index in [1.54, 1.807) is 0 Å². The standard InChI is InChI=1S/C16H25N3O5S2/c1-3-17-16(20)13-18-9-6-10-19(12-11-18)26(23,24)15-8-5-4-7-14(15)25(2,21)22/h4-5,7-8H,3,6,9-13H2,1-2H3,(H,17,20). The molecular formula is C16H25N3O5S2. The van der Waals surface area contributed by atoms with Gasteiger partial charge in [-0.25, -0.2) is 16.8 Å². The first-order chi connectivity index (χ1) is 12.2. The van der Waals surface area contributed by atoms with E-state index >= 15 is 0 Å². The summed E-state index contributed by atoms with van der Waals surface area (Å²) in [5.74, 6) is -0.0915.